The Morgan fingerprint density at radius 1 is 1.00 bits per heavy atom. The Kier molecular flexibility index (Phi) is 8.80. The number of carbonyl (C=O) groups excluding carboxylic acids is 2. The molecule has 0 aliphatic heterocycles. The standard InChI is InChI=1S/C22H26Cl2N2O3/c1-15(2)12-25-22(28)16(3)26(13-17-8-4-5-9-18(17)23)21(27)14-29-20-11-7-6-10-19(20)24/h4-11,15-16H,12-14H2,1-3H3,(H,25,28). The number of para-hydroxylation sites is 1. The van der Waals surface area contributed by atoms with E-state index in [0.717, 1.165) is 5.56 Å². The van der Waals surface area contributed by atoms with Gasteiger partial charge >= 0.3 is 0 Å². The van der Waals surface area contributed by atoms with E-state index in [1.807, 2.05) is 32.0 Å². The molecule has 2 aromatic carbocycles. The predicted octanol–water partition coefficient (Wildman–Crippen LogP) is 4.56. The summed E-state index contributed by atoms with van der Waals surface area (Å²) < 4.78 is 5.59. The van der Waals surface area contributed by atoms with Gasteiger partial charge in [0.25, 0.3) is 5.91 Å². The fourth-order valence-electron chi connectivity index (χ4n) is 2.63. The van der Waals surface area contributed by atoms with Gasteiger partial charge < -0.3 is 15.0 Å². The van der Waals surface area contributed by atoms with Crippen LogP contribution in [-0.2, 0) is 16.1 Å². The quantitative estimate of drug-likeness (QED) is 0.626. The molecule has 0 saturated carbocycles. The molecule has 5 nitrogen and oxygen atoms in total. The summed E-state index contributed by atoms with van der Waals surface area (Å²) in [6.45, 7) is 6.20. The lowest BCUT2D eigenvalue weighted by atomic mass is 10.1. The zero-order valence-electron chi connectivity index (χ0n) is 16.8. The van der Waals surface area contributed by atoms with Crippen molar-refractivity contribution in [3.8, 4) is 5.75 Å². The van der Waals surface area contributed by atoms with Crippen molar-refractivity contribution in [1.82, 2.24) is 10.2 Å². The van der Waals surface area contributed by atoms with Crippen LogP contribution in [0.4, 0.5) is 0 Å². The van der Waals surface area contributed by atoms with Crippen LogP contribution in [0.1, 0.15) is 26.3 Å². The molecule has 1 N–H and O–H groups in total. The molecule has 0 saturated heterocycles. The SMILES string of the molecule is CC(C)CNC(=O)C(C)N(Cc1ccccc1Cl)C(=O)COc1ccccc1Cl. The van der Waals surface area contributed by atoms with Gasteiger partial charge in [0.15, 0.2) is 6.61 Å². The summed E-state index contributed by atoms with van der Waals surface area (Å²) in [5, 5.41) is 3.82. The normalized spacial score (nSPS) is 11.8. The highest BCUT2D eigenvalue weighted by molar-refractivity contribution is 6.32. The van der Waals surface area contributed by atoms with Crippen LogP contribution in [0.5, 0.6) is 5.75 Å². The van der Waals surface area contributed by atoms with Crippen molar-refractivity contribution in [2.75, 3.05) is 13.2 Å². The molecule has 7 heteroatoms. The Balaban J connectivity index is 2.16. The van der Waals surface area contributed by atoms with E-state index >= 15 is 0 Å². The minimum atomic E-state index is -0.688. The molecule has 0 aliphatic rings. The summed E-state index contributed by atoms with van der Waals surface area (Å²) in [5.74, 6) is 0.161. The minimum absolute atomic E-state index is 0.195. The molecule has 0 spiro atoms. The zero-order valence-corrected chi connectivity index (χ0v) is 18.3. The van der Waals surface area contributed by atoms with Crippen molar-refractivity contribution in [2.45, 2.75) is 33.4 Å². The van der Waals surface area contributed by atoms with Gasteiger partial charge in [-0.3, -0.25) is 9.59 Å². The van der Waals surface area contributed by atoms with E-state index in [-0.39, 0.29) is 25.0 Å². The summed E-state index contributed by atoms with van der Waals surface area (Å²) in [6.07, 6.45) is 0. The summed E-state index contributed by atoms with van der Waals surface area (Å²) in [6, 6.07) is 13.5. The third-order valence-electron chi connectivity index (χ3n) is 4.34. The predicted molar refractivity (Wildman–Crippen MR) is 116 cm³/mol. The van der Waals surface area contributed by atoms with E-state index in [4.69, 9.17) is 27.9 Å². The van der Waals surface area contributed by atoms with E-state index in [1.54, 1.807) is 37.3 Å². The molecule has 2 amide bonds. The third kappa shape index (κ3) is 6.94. The highest BCUT2D eigenvalue weighted by Crippen LogP contribution is 2.23. The van der Waals surface area contributed by atoms with Crippen molar-refractivity contribution in [2.24, 2.45) is 5.92 Å². The number of benzene rings is 2. The number of amides is 2. The van der Waals surface area contributed by atoms with Gasteiger partial charge in [-0.1, -0.05) is 67.4 Å². The zero-order chi connectivity index (χ0) is 21.4. The van der Waals surface area contributed by atoms with Crippen LogP contribution in [0.15, 0.2) is 48.5 Å². The Labute approximate surface area is 181 Å². The molecule has 0 radical (unpaired) electrons. The first-order valence-corrected chi connectivity index (χ1v) is 10.2. The van der Waals surface area contributed by atoms with Gasteiger partial charge in [0.1, 0.15) is 11.8 Å². The second kappa shape index (κ2) is 11.1. The molecule has 0 aromatic heterocycles. The lowest BCUT2D eigenvalue weighted by molar-refractivity contribution is -0.142. The molecule has 2 rings (SSSR count). The largest absolute Gasteiger partial charge is 0.482 e. The van der Waals surface area contributed by atoms with E-state index in [2.05, 4.69) is 5.32 Å². The summed E-state index contributed by atoms with van der Waals surface area (Å²) in [5.41, 5.74) is 0.753. The van der Waals surface area contributed by atoms with E-state index in [1.165, 1.54) is 4.90 Å². The number of hydrogen-bond acceptors (Lipinski definition) is 3. The number of nitrogens with one attached hydrogen (secondary N) is 1. The molecular weight excluding hydrogens is 411 g/mol. The smallest absolute Gasteiger partial charge is 0.261 e. The summed E-state index contributed by atoms with van der Waals surface area (Å²) in [4.78, 5) is 27.0. The number of hydrogen-bond donors (Lipinski definition) is 1. The second-order valence-electron chi connectivity index (χ2n) is 7.15. The Morgan fingerprint density at radius 3 is 2.24 bits per heavy atom. The van der Waals surface area contributed by atoms with Crippen LogP contribution in [0.25, 0.3) is 0 Å². The van der Waals surface area contributed by atoms with Crippen LogP contribution in [-0.4, -0.2) is 35.9 Å². The van der Waals surface area contributed by atoms with Crippen LogP contribution >= 0.6 is 23.2 Å². The Bertz CT molecular complexity index is 842. The van der Waals surface area contributed by atoms with Gasteiger partial charge in [-0.05, 0) is 36.6 Å². The van der Waals surface area contributed by atoms with Crippen molar-refractivity contribution in [3.05, 3.63) is 64.1 Å². The average Bonchev–Trinajstić information content (AvgIpc) is 2.70. The molecule has 1 atom stereocenters. The molecule has 1 unspecified atom stereocenters. The maximum absolute atomic E-state index is 13.0. The number of rotatable bonds is 9. The first kappa shape index (κ1) is 23.0. The molecular formula is C22H26Cl2N2O3. The molecule has 0 bridgehead atoms. The summed E-state index contributed by atoms with van der Waals surface area (Å²) >= 11 is 12.4. The van der Waals surface area contributed by atoms with Crippen LogP contribution in [0, 0.1) is 5.92 Å². The van der Waals surface area contributed by atoms with Crippen molar-refractivity contribution < 1.29 is 14.3 Å². The molecule has 0 fully saturated rings. The van der Waals surface area contributed by atoms with Crippen molar-refractivity contribution in [3.63, 3.8) is 0 Å². The molecule has 29 heavy (non-hydrogen) atoms. The Morgan fingerprint density at radius 2 is 1.62 bits per heavy atom. The van der Waals surface area contributed by atoms with Crippen LogP contribution in [0.3, 0.4) is 0 Å². The lowest BCUT2D eigenvalue weighted by Crippen LogP contribution is -2.49. The lowest BCUT2D eigenvalue weighted by Gasteiger charge is -2.29. The molecule has 0 aliphatic carbocycles. The highest BCUT2D eigenvalue weighted by atomic mass is 35.5. The molecule has 0 heterocycles. The van der Waals surface area contributed by atoms with Crippen LogP contribution in [0.2, 0.25) is 10.0 Å². The van der Waals surface area contributed by atoms with Gasteiger partial charge in [0.2, 0.25) is 5.91 Å². The third-order valence-corrected chi connectivity index (χ3v) is 5.02. The average molecular weight is 437 g/mol. The number of carbonyl (C=O) groups is 2. The Hall–Kier alpha value is -2.24. The maximum Gasteiger partial charge on any atom is 0.261 e. The van der Waals surface area contributed by atoms with E-state index < -0.39 is 6.04 Å². The fourth-order valence-corrected chi connectivity index (χ4v) is 3.02. The number of ether oxygens (including phenoxy) is 1. The first-order valence-electron chi connectivity index (χ1n) is 9.47. The van der Waals surface area contributed by atoms with Crippen LogP contribution < -0.4 is 10.1 Å². The van der Waals surface area contributed by atoms with Gasteiger partial charge in [-0.25, -0.2) is 0 Å². The maximum atomic E-state index is 13.0. The second-order valence-corrected chi connectivity index (χ2v) is 7.96. The van der Waals surface area contributed by atoms with E-state index in [0.29, 0.717) is 28.3 Å². The van der Waals surface area contributed by atoms with Gasteiger partial charge in [-0.15, -0.1) is 0 Å². The van der Waals surface area contributed by atoms with Crippen molar-refractivity contribution >= 4 is 35.0 Å². The highest BCUT2D eigenvalue weighted by Gasteiger charge is 2.27. The van der Waals surface area contributed by atoms with Gasteiger partial charge in [-0.2, -0.15) is 0 Å². The number of nitrogens with zero attached hydrogens (tertiary/aromatic N) is 1. The molecule has 156 valence electrons. The topological polar surface area (TPSA) is 58.6 Å². The fraction of sp³-hybridized carbons (Fsp3) is 0.364. The van der Waals surface area contributed by atoms with Gasteiger partial charge in [0, 0.05) is 18.1 Å². The van der Waals surface area contributed by atoms with Crippen molar-refractivity contribution in [1.29, 1.82) is 0 Å². The minimum Gasteiger partial charge on any atom is -0.482 e. The summed E-state index contributed by atoms with van der Waals surface area (Å²) in [7, 11) is 0. The number of halogens is 2. The molecule has 2 aromatic rings. The monoisotopic (exact) mass is 436 g/mol. The van der Waals surface area contributed by atoms with E-state index in [9.17, 15) is 9.59 Å². The van der Waals surface area contributed by atoms with Gasteiger partial charge in [0.05, 0.1) is 5.02 Å². The first-order chi connectivity index (χ1) is 13.8.